The number of nitrogens with zero attached hydrogens (tertiary/aromatic N) is 2. The lowest BCUT2D eigenvalue weighted by atomic mass is 9.89. The van der Waals surface area contributed by atoms with Crippen molar-refractivity contribution < 1.29 is 5.11 Å². The maximum absolute atomic E-state index is 9.02. The molecule has 2 fully saturated rings. The third-order valence-corrected chi connectivity index (χ3v) is 4.48. The zero-order valence-electron chi connectivity index (χ0n) is 11.8. The Labute approximate surface area is 111 Å². The first-order chi connectivity index (χ1) is 8.81. The molecule has 0 amide bonds. The quantitative estimate of drug-likeness (QED) is 0.745. The van der Waals surface area contributed by atoms with E-state index in [1.54, 1.807) is 0 Å². The van der Waals surface area contributed by atoms with Crippen LogP contribution in [0, 0.1) is 5.92 Å². The number of nitrogens with one attached hydrogen (secondary N) is 1. The molecule has 0 aromatic rings. The van der Waals surface area contributed by atoms with E-state index in [1.165, 1.54) is 38.8 Å². The maximum atomic E-state index is 9.02. The summed E-state index contributed by atoms with van der Waals surface area (Å²) in [5, 5.41) is 12.6. The number of piperidine rings is 2. The number of likely N-dealkylation sites (tertiary alicyclic amines) is 1. The van der Waals surface area contributed by atoms with Crippen LogP contribution in [0.15, 0.2) is 0 Å². The van der Waals surface area contributed by atoms with Crippen LogP contribution in [0.5, 0.6) is 0 Å². The molecule has 2 saturated heterocycles. The van der Waals surface area contributed by atoms with E-state index in [0.29, 0.717) is 6.04 Å². The summed E-state index contributed by atoms with van der Waals surface area (Å²) >= 11 is 0. The third kappa shape index (κ3) is 3.92. The van der Waals surface area contributed by atoms with Gasteiger partial charge in [0.15, 0.2) is 0 Å². The number of hydrogen-bond donors (Lipinski definition) is 2. The van der Waals surface area contributed by atoms with E-state index in [0.717, 1.165) is 32.1 Å². The summed E-state index contributed by atoms with van der Waals surface area (Å²) in [6, 6.07) is 0.709. The van der Waals surface area contributed by atoms with E-state index in [-0.39, 0.29) is 6.61 Å². The van der Waals surface area contributed by atoms with Crippen molar-refractivity contribution in [1.82, 2.24) is 15.1 Å². The minimum Gasteiger partial charge on any atom is -0.395 e. The van der Waals surface area contributed by atoms with Crippen molar-refractivity contribution in [3.63, 3.8) is 0 Å². The summed E-state index contributed by atoms with van der Waals surface area (Å²) < 4.78 is 0. The highest BCUT2D eigenvalue weighted by Crippen LogP contribution is 2.22. The Morgan fingerprint density at radius 2 is 2.06 bits per heavy atom. The maximum Gasteiger partial charge on any atom is 0.0558 e. The largest absolute Gasteiger partial charge is 0.395 e. The third-order valence-electron chi connectivity index (χ3n) is 4.48. The molecule has 0 radical (unpaired) electrons. The molecule has 0 aromatic heterocycles. The minimum absolute atomic E-state index is 0.274. The molecule has 0 saturated carbocycles. The highest BCUT2D eigenvalue weighted by molar-refractivity contribution is 4.88. The van der Waals surface area contributed by atoms with Crippen LogP contribution in [0.1, 0.15) is 25.7 Å². The zero-order chi connectivity index (χ0) is 12.8. The summed E-state index contributed by atoms with van der Waals surface area (Å²) in [5.74, 6) is 0.765. The Hall–Kier alpha value is -0.160. The van der Waals surface area contributed by atoms with Crippen LogP contribution >= 0.6 is 0 Å². The van der Waals surface area contributed by atoms with Crippen LogP contribution in [0.25, 0.3) is 0 Å². The number of rotatable bonds is 5. The lowest BCUT2D eigenvalue weighted by Crippen LogP contribution is -2.55. The van der Waals surface area contributed by atoms with Crippen LogP contribution in [-0.4, -0.2) is 73.9 Å². The second-order valence-electron chi connectivity index (χ2n) is 5.90. The first-order valence-corrected chi connectivity index (χ1v) is 7.55. The fourth-order valence-electron chi connectivity index (χ4n) is 3.45. The monoisotopic (exact) mass is 255 g/mol. The Balaban J connectivity index is 1.88. The molecule has 2 atom stereocenters. The molecule has 18 heavy (non-hydrogen) atoms. The van der Waals surface area contributed by atoms with E-state index in [1.807, 2.05) is 0 Å². The first-order valence-electron chi connectivity index (χ1n) is 7.55. The lowest BCUT2D eigenvalue weighted by Gasteiger charge is -2.43. The van der Waals surface area contributed by atoms with E-state index >= 15 is 0 Å². The van der Waals surface area contributed by atoms with Gasteiger partial charge < -0.3 is 15.3 Å². The number of likely N-dealkylation sites (N-methyl/N-ethyl adjacent to an activating group) is 1. The summed E-state index contributed by atoms with van der Waals surface area (Å²) in [7, 11) is 2.13. The molecule has 2 heterocycles. The van der Waals surface area contributed by atoms with Gasteiger partial charge >= 0.3 is 0 Å². The first kappa shape index (κ1) is 14.3. The van der Waals surface area contributed by atoms with Crippen molar-refractivity contribution in [3.05, 3.63) is 0 Å². The molecule has 0 aromatic carbocycles. The smallest absolute Gasteiger partial charge is 0.0558 e. The van der Waals surface area contributed by atoms with E-state index in [4.69, 9.17) is 5.11 Å². The molecule has 4 nitrogen and oxygen atoms in total. The van der Waals surface area contributed by atoms with Gasteiger partial charge in [0, 0.05) is 25.7 Å². The summed E-state index contributed by atoms with van der Waals surface area (Å²) in [6.07, 6.45) is 5.42. The van der Waals surface area contributed by atoms with Gasteiger partial charge in [0.2, 0.25) is 0 Å². The molecular weight excluding hydrogens is 226 g/mol. The second-order valence-corrected chi connectivity index (χ2v) is 5.90. The van der Waals surface area contributed by atoms with Crippen LogP contribution in [0.4, 0.5) is 0 Å². The Morgan fingerprint density at radius 1 is 1.28 bits per heavy atom. The average molecular weight is 255 g/mol. The van der Waals surface area contributed by atoms with E-state index in [2.05, 4.69) is 22.2 Å². The van der Waals surface area contributed by atoms with Gasteiger partial charge in [0.1, 0.15) is 0 Å². The lowest BCUT2D eigenvalue weighted by molar-refractivity contribution is 0.0732. The van der Waals surface area contributed by atoms with Crippen LogP contribution in [0.2, 0.25) is 0 Å². The molecule has 2 unspecified atom stereocenters. The van der Waals surface area contributed by atoms with Crippen molar-refractivity contribution in [2.45, 2.75) is 31.7 Å². The van der Waals surface area contributed by atoms with Gasteiger partial charge in [-0.3, -0.25) is 4.90 Å². The molecule has 106 valence electrons. The molecule has 2 aliphatic rings. The predicted octanol–water partition coefficient (Wildman–Crippen LogP) is 0.375. The van der Waals surface area contributed by atoms with Crippen LogP contribution in [0.3, 0.4) is 0 Å². The van der Waals surface area contributed by atoms with Gasteiger partial charge in [0.05, 0.1) is 6.61 Å². The number of hydrogen-bond acceptors (Lipinski definition) is 4. The molecular formula is C14H29N3O. The second kappa shape index (κ2) is 7.43. The number of aliphatic hydroxyl groups is 1. The van der Waals surface area contributed by atoms with Crippen molar-refractivity contribution in [1.29, 1.82) is 0 Å². The fourth-order valence-corrected chi connectivity index (χ4v) is 3.45. The highest BCUT2D eigenvalue weighted by Gasteiger charge is 2.31. The molecule has 4 heteroatoms. The topological polar surface area (TPSA) is 38.7 Å². The highest BCUT2D eigenvalue weighted by atomic mass is 16.3. The molecule has 0 aliphatic carbocycles. The van der Waals surface area contributed by atoms with E-state index < -0.39 is 0 Å². The van der Waals surface area contributed by atoms with Crippen molar-refractivity contribution >= 4 is 0 Å². The van der Waals surface area contributed by atoms with Gasteiger partial charge in [0.25, 0.3) is 0 Å². The average Bonchev–Trinajstić information content (AvgIpc) is 2.40. The van der Waals surface area contributed by atoms with Crippen molar-refractivity contribution in [2.24, 2.45) is 5.92 Å². The van der Waals surface area contributed by atoms with Gasteiger partial charge in [-0.2, -0.15) is 0 Å². The van der Waals surface area contributed by atoms with Crippen LogP contribution in [-0.2, 0) is 0 Å². The SMILES string of the molecule is CN(CCO)CC1CCNCC1N1CCCCC1. The fraction of sp³-hybridized carbons (Fsp3) is 1.00. The van der Waals surface area contributed by atoms with Gasteiger partial charge in [-0.25, -0.2) is 0 Å². The Morgan fingerprint density at radius 3 is 2.78 bits per heavy atom. The molecule has 2 aliphatic heterocycles. The molecule has 2 rings (SSSR count). The standard InChI is InChI=1S/C14H29N3O/c1-16(9-10-18)12-13-5-6-15-11-14(13)17-7-3-2-4-8-17/h13-15,18H,2-12H2,1H3. The molecule has 0 bridgehead atoms. The van der Waals surface area contributed by atoms with E-state index in [9.17, 15) is 0 Å². The summed E-state index contributed by atoms with van der Waals surface area (Å²) in [6.45, 7) is 7.08. The number of aliphatic hydroxyl groups excluding tert-OH is 1. The Bertz CT molecular complexity index is 231. The van der Waals surface area contributed by atoms with Gasteiger partial charge in [-0.05, 0) is 51.9 Å². The van der Waals surface area contributed by atoms with Crippen LogP contribution < -0.4 is 5.32 Å². The predicted molar refractivity (Wildman–Crippen MR) is 74.8 cm³/mol. The Kier molecular flexibility index (Phi) is 5.89. The van der Waals surface area contributed by atoms with Crippen molar-refractivity contribution in [3.8, 4) is 0 Å². The summed E-state index contributed by atoms with van der Waals surface area (Å²) in [5.41, 5.74) is 0. The van der Waals surface area contributed by atoms with Gasteiger partial charge in [-0.1, -0.05) is 6.42 Å². The normalized spacial score (nSPS) is 30.8. The zero-order valence-corrected chi connectivity index (χ0v) is 11.8. The van der Waals surface area contributed by atoms with Gasteiger partial charge in [-0.15, -0.1) is 0 Å². The molecule has 2 N–H and O–H groups in total. The van der Waals surface area contributed by atoms with Crippen molar-refractivity contribution in [2.75, 3.05) is 52.9 Å². The summed E-state index contributed by atoms with van der Waals surface area (Å²) in [4.78, 5) is 4.99. The minimum atomic E-state index is 0.274. The molecule has 0 spiro atoms.